The monoisotopic (exact) mass is 461 g/mol. The Kier molecular flexibility index (Phi) is 5.54. The lowest BCUT2D eigenvalue weighted by atomic mass is 10.0. The van der Waals surface area contributed by atoms with Crippen molar-refractivity contribution in [2.75, 3.05) is 26.2 Å². The summed E-state index contributed by atoms with van der Waals surface area (Å²) in [5, 5.41) is 0.607. The van der Waals surface area contributed by atoms with Crippen LogP contribution in [0.4, 0.5) is 13.2 Å². The third-order valence-electron chi connectivity index (χ3n) is 6.08. The Balaban J connectivity index is 1.13. The molecule has 0 saturated carbocycles. The van der Waals surface area contributed by atoms with Crippen molar-refractivity contribution in [3.63, 3.8) is 0 Å². The Labute approximate surface area is 187 Å². The van der Waals surface area contributed by atoms with E-state index in [9.17, 15) is 18.0 Å². The number of nitrogens with zero attached hydrogens (tertiary/aromatic N) is 3. The van der Waals surface area contributed by atoms with Crippen LogP contribution in [0, 0.1) is 11.8 Å². The number of benzene rings is 2. The van der Waals surface area contributed by atoms with E-state index in [-0.39, 0.29) is 11.8 Å². The first-order valence-corrected chi connectivity index (χ1v) is 11.3. The number of hydrogen-bond acceptors (Lipinski definition) is 5. The molecule has 5 rings (SSSR count). The van der Waals surface area contributed by atoms with Crippen LogP contribution in [0.3, 0.4) is 0 Å². The summed E-state index contributed by atoms with van der Waals surface area (Å²) < 4.78 is 44.4. The number of aromatic nitrogens is 1. The highest BCUT2D eigenvalue weighted by Gasteiger charge is 2.43. The van der Waals surface area contributed by atoms with Crippen molar-refractivity contribution < 1.29 is 22.7 Å². The van der Waals surface area contributed by atoms with E-state index < -0.39 is 18.5 Å². The van der Waals surface area contributed by atoms with Gasteiger partial charge in [-0.3, -0.25) is 9.69 Å². The molecule has 3 heterocycles. The highest BCUT2D eigenvalue weighted by Crippen LogP contribution is 2.34. The summed E-state index contributed by atoms with van der Waals surface area (Å²) in [5.41, 5.74) is 2.06. The van der Waals surface area contributed by atoms with Crippen LogP contribution in [0.15, 0.2) is 48.5 Å². The first-order chi connectivity index (χ1) is 15.3. The molecule has 9 heteroatoms. The van der Waals surface area contributed by atoms with E-state index in [2.05, 4.69) is 9.88 Å². The number of alkyl halides is 3. The van der Waals surface area contributed by atoms with E-state index in [1.165, 1.54) is 16.2 Å². The van der Waals surface area contributed by atoms with Crippen molar-refractivity contribution in [3.05, 3.63) is 54.1 Å². The fourth-order valence-corrected chi connectivity index (χ4v) is 5.46. The average Bonchev–Trinajstić information content (AvgIpc) is 3.40. The van der Waals surface area contributed by atoms with Crippen LogP contribution in [0.5, 0.6) is 10.9 Å². The normalized spacial score (nSPS) is 21.3. The Morgan fingerprint density at radius 1 is 1.03 bits per heavy atom. The molecule has 2 aromatic carbocycles. The predicted molar refractivity (Wildman–Crippen MR) is 116 cm³/mol. The third-order valence-corrected chi connectivity index (χ3v) is 6.99. The van der Waals surface area contributed by atoms with E-state index in [4.69, 9.17) is 4.74 Å². The number of thiazole rings is 1. The molecule has 0 aliphatic carbocycles. The van der Waals surface area contributed by atoms with Crippen LogP contribution in [0.2, 0.25) is 0 Å². The first-order valence-electron chi connectivity index (χ1n) is 10.5. The van der Waals surface area contributed by atoms with Gasteiger partial charge in [-0.15, -0.1) is 0 Å². The lowest BCUT2D eigenvalue weighted by Gasteiger charge is -2.22. The van der Waals surface area contributed by atoms with Gasteiger partial charge in [-0.25, -0.2) is 4.98 Å². The molecule has 2 unspecified atom stereocenters. The van der Waals surface area contributed by atoms with Gasteiger partial charge in [0.15, 0.2) is 0 Å². The van der Waals surface area contributed by atoms with Gasteiger partial charge in [0.2, 0.25) is 5.91 Å². The van der Waals surface area contributed by atoms with E-state index in [0.717, 1.165) is 41.2 Å². The summed E-state index contributed by atoms with van der Waals surface area (Å²) in [4.78, 5) is 20.0. The Bertz CT molecular complexity index is 1070. The summed E-state index contributed by atoms with van der Waals surface area (Å²) in [6.07, 6.45) is -5.80. The number of para-hydroxylation sites is 1. The molecule has 3 aromatic rings. The van der Waals surface area contributed by atoms with Crippen molar-refractivity contribution >= 4 is 27.5 Å². The van der Waals surface area contributed by atoms with Gasteiger partial charge in [0.05, 0.1) is 10.2 Å². The maximum atomic E-state index is 12.5. The van der Waals surface area contributed by atoms with E-state index in [1.807, 2.05) is 48.5 Å². The fourth-order valence-electron chi connectivity index (χ4n) is 4.62. The van der Waals surface area contributed by atoms with E-state index in [1.54, 1.807) is 0 Å². The molecule has 2 saturated heterocycles. The summed E-state index contributed by atoms with van der Waals surface area (Å²) in [6.45, 7) is 3.20. The number of rotatable bonds is 5. The summed E-state index contributed by atoms with van der Waals surface area (Å²) >= 11 is 1.50. The zero-order valence-electron chi connectivity index (χ0n) is 17.2. The minimum Gasteiger partial charge on any atom is -0.431 e. The lowest BCUT2D eigenvalue weighted by Crippen LogP contribution is -2.35. The van der Waals surface area contributed by atoms with Crippen molar-refractivity contribution in [2.24, 2.45) is 11.8 Å². The quantitative estimate of drug-likeness (QED) is 0.541. The largest absolute Gasteiger partial charge is 0.431 e. The minimum atomic E-state index is -4.44. The van der Waals surface area contributed by atoms with Crippen molar-refractivity contribution in [1.29, 1.82) is 0 Å². The highest BCUT2D eigenvalue weighted by atomic mass is 32.1. The molecule has 168 valence electrons. The predicted octanol–water partition coefficient (Wildman–Crippen LogP) is 4.93. The zero-order valence-corrected chi connectivity index (χ0v) is 18.0. The number of amides is 1. The summed E-state index contributed by atoms with van der Waals surface area (Å²) in [5.74, 6) is 0.412. The maximum Gasteiger partial charge on any atom is 0.397 e. The van der Waals surface area contributed by atoms with Gasteiger partial charge in [0.1, 0.15) is 12.2 Å². The van der Waals surface area contributed by atoms with Crippen LogP contribution in [-0.2, 0) is 11.3 Å². The standard InChI is InChI=1S/C23H22F3N3O2S/c24-23(25,26)9-21(30)29-13-16-11-28(12-17(16)14-29)10-15-5-7-18(8-6-15)31-22-27-19-3-1-2-4-20(19)32-22/h1-8,16-17H,9-14H2. The van der Waals surface area contributed by atoms with E-state index in [0.29, 0.717) is 18.3 Å². The van der Waals surface area contributed by atoms with Gasteiger partial charge in [-0.2, -0.15) is 13.2 Å². The molecule has 0 spiro atoms. The zero-order chi connectivity index (χ0) is 22.3. The molecule has 2 fully saturated rings. The average molecular weight is 462 g/mol. The second kappa shape index (κ2) is 8.37. The number of hydrogen-bond donors (Lipinski definition) is 0. The van der Waals surface area contributed by atoms with Crippen molar-refractivity contribution in [3.8, 4) is 10.9 Å². The summed E-state index contributed by atoms with van der Waals surface area (Å²) in [6, 6.07) is 15.8. The van der Waals surface area contributed by atoms with Crippen LogP contribution < -0.4 is 4.74 Å². The smallest absolute Gasteiger partial charge is 0.397 e. The molecule has 32 heavy (non-hydrogen) atoms. The van der Waals surface area contributed by atoms with Crippen LogP contribution in [0.25, 0.3) is 10.2 Å². The van der Waals surface area contributed by atoms with Crippen molar-refractivity contribution in [1.82, 2.24) is 14.8 Å². The molecule has 0 N–H and O–H groups in total. The molecule has 0 radical (unpaired) electrons. The van der Waals surface area contributed by atoms with Crippen LogP contribution in [0.1, 0.15) is 12.0 Å². The van der Waals surface area contributed by atoms with Gasteiger partial charge in [0.25, 0.3) is 5.19 Å². The Morgan fingerprint density at radius 3 is 2.38 bits per heavy atom. The van der Waals surface area contributed by atoms with Crippen LogP contribution >= 0.6 is 11.3 Å². The maximum absolute atomic E-state index is 12.5. The lowest BCUT2D eigenvalue weighted by molar-refractivity contribution is -0.160. The topological polar surface area (TPSA) is 45.7 Å². The van der Waals surface area contributed by atoms with Gasteiger partial charge >= 0.3 is 6.18 Å². The van der Waals surface area contributed by atoms with Crippen molar-refractivity contribution in [2.45, 2.75) is 19.1 Å². The summed E-state index contributed by atoms with van der Waals surface area (Å²) in [7, 11) is 0. The van der Waals surface area contributed by atoms with Crippen LogP contribution in [-0.4, -0.2) is 53.0 Å². The second-order valence-corrected chi connectivity index (χ2v) is 9.49. The third kappa shape index (κ3) is 4.73. The number of likely N-dealkylation sites (tertiary alicyclic amines) is 2. The molecule has 0 bridgehead atoms. The van der Waals surface area contributed by atoms with Gasteiger partial charge < -0.3 is 9.64 Å². The molecule has 1 aromatic heterocycles. The van der Waals surface area contributed by atoms with Gasteiger partial charge in [0, 0.05) is 32.7 Å². The SMILES string of the molecule is O=C(CC(F)(F)F)N1CC2CN(Cc3ccc(Oc4nc5ccccc5s4)cc3)CC2C1. The fraction of sp³-hybridized carbons (Fsp3) is 0.391. The number of carbonyl (C=O) groups excluding carboxylic acids is 1. The second-order valence-electron chi connectivity index (χ2n) is 8.50. The van der Waals surface area contributed by atoms with E-state index >= 15 is 0 Å². The molecular weight excluding hydrogens is 439 g/mol. The van der Waals surface area contributed by atoms with Gasteiger partial charge in [-0.1, -0.05) is 35.6 Å². The minimum absolute atomic E-state index is 0.244. The molecule has 1 amide bonds. The number of carbonyl (C=O) groups is 1. The Morgan fingerprint density at radius 2 is 1.72 bits per heavy atom. The number of halogens is 3. The number of fused-ring (bicyclic) bond motifs is 2. The molecule has 5 nitrogen and oxygen atoms in total. The number of ether oxygens (including phenoxy) is 1. The molecule has 2 aliphatic heterocycles. The molecular formula is C23H22F3N3O2S. The highest BCUT2D eigenvalue weighted by molar-refractivity contribution is 7.20. The Hall–Kier alpha value is -2.65. The molecule has 2 aliphatic rings. The first kappa shape index (κ1) is 21.2. The molecule has 2 atom stereocenters. The van der Waals surface area contributed by atoms with Gasteiger partial charge in [-0.05, 0) is 41.7 Å².